The van der Waals surface area contributed by atoms with Gasteiger partial charge in [-0.25, -0.2) is 9.59 Å². The van der Waals surface area contributed by atoms with Crippen LogP contribution in [0.4, 0.5) is 23.7 Å². The highest BCUT2D eigenvalue weighted by Crippen LogP contribution is 2.32. The first-order chi connectivity index (χ1) is 16.5. The van der Waals surface area contributed by atoms with Crippen molar-refractivity contribution in [1.82, 2.24) is 10.2 Å². The van der Waals surface area contributed by atoms with Crippen molar-refractivity contribution in [2.75, 3.05) is 32.7 Å². The van der Waals surface area contributed by atoms with Gasteiger partial charge in [0.15, 0.2) is 0 Å². The van der Waals surface area contributed by atoms with Gasteiger partial charge in [0, 0.05) is 31.1 Å². The Morgan fingerprint density at radius 2 is 1.69 bits per heavy atom. The van der Waals surface area contributed by atoms with Crippen LogP contribution in [0.1, 0.15) is 34.5 Å². The Hall–Kier alpha value is -3.86. The lowest BCUT2D eigenvalue weighted by Crippen LogP contribution is -2.46. The van der Waals surface area contributed by atoms with E-state index in [2.05, 4.69) is 10.6 Å². The molecule has 2 N–H and O–H groups in total. The lowest BCUT2D eigenvalue weighted by Gasteiger charge is -2.33. The number of hydrogen-bond acceptors (Lipinski definition) is 5. The standard InChI is InChI=1S/C24H24F3N3O5/c1-14-19(22(32)35-13-12-34-3)20(29-23(33)30(14)2)15-6-10-18(11-7-15)28-21(31)16-4-8-17(9-5-16)24(25,26)27/h4-11,20H,12-13H2,1-3H3,(H,28,31)(H,29,33). The zero-order chi connectivity index (χ0) is 25.8. The SMILES string of the molecule is COCCOC(=O)C1=C(C)N(C)C(=O)NC1c1ccc(NC(=O)c2ccc(C(F)(F)F)cc2)cc1. The molecule has 0 radical (unpaired) electrons. The average Bonchev–Trinajstić information content (AvgIpc) is 2.82. The molecule has 0 bridgehead atoms. The average molecular weight is 491 g/mol. The topological polar surface area (TPSA) is 97.0 Å². The van der Waals surface area contributed by atoms with E-state index in [9.17, 15) is 27.6 Å². The lowest BCUT2D eigenvalue weighted by atomic mass is 9.95. The summed E-state index contributed by atoms with van der Waals surface area (Å²) in [4.78, 5) is 38.8. The van der Waals surface area contributed by atoms with Crippen LogP contribution in [0.5, 0.6) is 0 Å². The highest BCUT2D eigenvalue weighted by molar-refractivity contribution is 6.04. The monoisotopic (exact) mass is 491 g/mol. The second kappa shape index (κ2) is 10.6. The van der Waals surface area contributed by atoms with E-state index in [0.717, 1.165) is 24.3 Å². The van der Waals surface area contributed by atoms with Gasteiger partial charge in [-0.15, -0.1) is 0 Å². The Balaban J connectivity index is 1.77. The quantitative estimate of drug-likeness (QED) is 0.449. The van der Waals surface area contributed by atoms with Crippen LogP contribution in [0.3, 0.4) is 0 Å². The number of anilines is 1. The van der Waals surface area contributed by atoms with Crippen LogP contribution in [0.2, 0.25) is 0 Å². The zero-order valence-electron chi connectivity index (χ0n) is 19.2. The first kappa shape index (κ1) is 25.8. The maximum Gasteiger partial charge on any atom is 0.416 e. The normalized spacial score (nSPS) is 16.1. The van der Waals surface area contributed by atoms with Gasteiger partial charge in [-0.05, 0) is 48.9 Å². The van der Waals surface area contributed by atoms with Crippen molar-refractivity contribution in [2.45, 2.75) is 19.1 Å². The minimum atomic E-state index is -4.49. The van der Waals surface area contributed by atoms with Gasteiger partial charge in [-0.3, -0.25) is 4.79 Å². The van der Waals surface area contributed by atoms with Crippen LogP contribution >= 0.6 is 0 Å². The summed E-state index contributed by atoms with van der Waals surface area (Å²) in [6.07, 6.45) is -4.49. The molecule has 8 nitrogen and oxygen atoms in total. The molecule has 11 heteroatoms. The van der Waals surface area contributed by atoms with Crippen molar-refractivity contribution < 1.29 is 37.0 Å². The molecule has 1 aliphatic rings. The van der Waals surface area contributed by atoms with Crippen molar-refractivity contribution in [3.05, 3.63) is 76.5 Å². The van der Waals surface area contributed by atoms with Gasteiger partial charge >= 0.3 is 18.2 Å². The highest BCUT2D eigenvalue weighted by atomic mass is 19.4. The number of ether oxygens (including phenoxy) is 2. The molecule has 186 valence electrons. The molecule has 1 unspecified atom stereocenters. The third kappa shape index (κ3) is 5.99. The third-order valence-electron chi connectivity index (χ3n) is 5.47. The fourth-order valence-electron chi connectivity index (χ4n) is 3.42. The molecular weight excluding hydrogens is 467 g/mol. The van der Waals surface area contributed by atoms with E-state index in [0.29, 0.717) is 16.9 Å². The van der Waals surface area contributed by atoms with Gasteiger partial charge in [0.05, 0.1) is 23.8 Å². The molecule has 35 heavy (non-hydrogen) atoms. The number of nitrogens with one attached hydrogen (secondary N) is 2. The minimum absolute atomic E-state index is 0.0470. The van der Waals surface area contributed by atoms with Crippen LogP contribution < -0.4 is 10.6 Å². The fraction of sp³-hybridized carbons (Fsp3) is 0.292. The third-order valence-corrected chi connectivity index (χ3v) is 5.47. The van der Waals surface area contributed by atoms with E-state index in [1.807, 2.05) is 0 Å². The summed E-state index contributed by atoms with van der Waals surface area (Å²) in [5, 5.41) is 5.36. The number of allylic oxidation sites excluding steroid dienone is 1. The van der Waals surface area contributed by atoms with Crippen LogP contribution in [0.25, 0.3) is 0 Å². The lowest BCUT2D eigenvalue weighted by molar-refractivity contribution is -0.141. The van der Waals surface area contributed by atoms with Gasteiger partial charge in [0.2, 0.25) is 0 Å². The number of carbonyl (C=O) groups excluding carboxylic acids is 3. The highest BCUT2D eigenvalue weighted by Gasteiger charge is 2.35. The number of hydrogen-bond donors (Lipinski definition) is 2. The number of alkyl halides is 3. The molecule has 0 fully saturated rings. The maximum absolute atomic E-state index is 12.7. The number of amides is 3. The molecular formula is C24H24F3N3O5. The summed E-state index contributed by atoms with van der Waals surface area (Å²) in [6.45, 7) is 1.90. The first-order valence-corrected chi connectivity index (χ1v) is 10.5. The molecule has 1 atom stereocenters. The number of methoxy groups -OCH3 is 1. The van der Waals surface area contributed by atoms with Crippen molar-refractivity contribution in [3.63, 3.8) is 0 Å². The summed E-state index contributed by atoms with van der Waals surface area (Å²) in [7, 11) is 3.01. The van der Waals surface area contributed by atoms with Crippen LogP contribution in [0.15, 0.2) is 59.8 Å². The summed E-state index contributed by atoms with van der Waals surface area (Å²) < 4.78 is 48.3. The minimum Gasteiger partial charge on any atom is -0.460 e. The van der Waals surface area contributed by atoms with E-state index in [-0.39, 0.29) is 24.4 Å². The van der Waals surface area contributed by atoms with Crippen molar-refractivity contribution in [3.8, 4) is 0 Å². The van der Waals surface area contributed by atoms with E-state index in [1.165, 1.54) is 19.1 Å². The van der Waals surface area contributed by atoms with Gasteiger partial charge in [0.1, 0.15) is 6.61 Å². The molecule has 0 spiro atoms. The molecule has 0 saturated carbocycles. The summed E-state index contributed by atoms with van der Waals surface area (Å²) in [5.74, 6) is -1.19. The second-order valence-corrected chi connectivity index (χ2v) is 7.72. The zero-order valence-corrected chi connectivity index (χ0v) is 19.2. The number of esters is 1. The molecule has 3 rings (SSSR count). The number of halogens is 3. The van der Waals surface area contributed by atoms with E-state index in [4.69, 9.17) is 9.47 Å². The van der Waals surface area contributed by atoms with Crippen molar-refractivity contribution in [2.24, 2.45) is 0 Å². The number of carbonyl (C=O) groups is 3. The Morgan fingerprint density at radius 1 is 1.06 bits per heavy atom. The number of benzene rings is 2. The number of rotatable bonds is 7. The molecule has 2 aromatic carbocycles. The first-order valence-electron chi connectivity index (χ1n) is 10.5. The Bertz CT molecular complexity index is 1130. The molecule has 2 aromatic rings. The van der Waals surface area contributed by atoms with Gasteiger partial charge in [0.25, 0.3) is 5.91 Å². The van der Waals surface area contributed by atoms with Gasteiger partial charge in [-0.2, -0.15) is 13.2 Å². The Kier molecular flexibility index (Phi) is 7.80. The predicted octanol–water partition coefficient (Wildman–Crippen LogP) is 4.12. The van der Waals surface area contributed by atoms with Crippen LogP contribution in [0, 0.1) is 0 Å². The van der Waals surface area contributed by atoms with Gasteiger partial charge in [-0.1, -0.05) is 12.1 Å². The molecule has 0 saturated heterocycles. The number of urea groups is 1. The molecule has 3 amide bonds. The molecule has 1 heterocycles. The Labute approximate surface area is 199 Å². The summed E-state index contributed by atoms with van der Waals surface area (Å²) >= 11 is 0. The van der Waals surface area contributed by atoms with Gasteiger partial charge < -0.3 is 25.0 Å². The molecule has 0 aliphatic carbocycles. The van der Waals surface area contributed by atoms with Crippen LogP contribution in [-0.4, -0.2) is 50.2 Å². The smallest absolute Gasteiger partial charge is 0.416 e. The summed E-state index contributed by atoms with van der Waals surface area (Å²) in [5.41, 5.74) is 0.841. The Morgan fingerprint density at radius 3 is 2.26 bits per heavy atom. The van der Waals surface area contributed by atoms with E-state index in [1.54, 1.807) is 31.2 Å². The summed E-state index contributed by atoms with van der Waals surface area (Å²) in [6, 6.07) is 9.03. The number of nitrogens with zero attached hydrogens (tertiary/aromatic N) is 1. The van der Waals surface area contributed by atoms with Crippen molar-refractivity contribution >= 4 is 23.6 Å². The van der Waals surface area contributed by atoms with E-state index < -0.39 is 35.7 Å². The van der Waals surface area contributed by atoms with Crippen LogP contribution in [-0.2, 0) is 20.4 Å². The predicted molar refractivity (Wildman–Crippen MR) is 120 cm³/mol. The second-order valence-electron chi connectivity index (χ2n) is 7.72. The maximum atomic E-state index is 12.7. The largest absolute Gasteiger partial charge is 0.460 e. The van der Waals surface area contributed by atoms with Crippen molar-refractivity contribution in [1.29, 1.82) is 0 Å². The molecule has 0 aromatic heterocycles. The molecule has 1 aliphatic heterocycles. The van der Waals surface area contributed by atoms with E-state index >= 15 is 0 Å². The fourth-order valence-corrected chi connectivity index (χ4v) is 3.42.